The first-order chi connectivity index (χ1) is 14.7. The van der Waals surface area contributed by atoms with Crippen molar-refractivity contribution in [1.82, 2.24) is 5.32 Å². The van der Waals surface area contributed by atoms with Gasteiger partial charge in [-0.2, -0.15) is 0 Å². The monoisotopic (exact) mass is 455 g/mol. The van der Waals surface area contributed by atoms with Crippen molar-refractivity contribution in [2.24, 2.45) is 5.92 Å². The first-order valence-electron chi connectivity index (χ1n) is 10.1. The van der Waals surface area contributed by atoms with Gasteiger partial charge < -0.3 is 14.8 Å². The van der Waals surface area contributed by atoms with Gasteiger partial charge in [0.15, 0.2) is 0 Å². The molecule has 5 nitrogen and oxygen atoms in total. The number of ether oxygens (including phenoxy) is 2. The van der Waals surface area contributed by atoms with Gasteiger partial charge in [-0.05, 0) is 72.7 Å². The van der Waals surface area contributed by atoms with Crippen LogP contribution in [0.4, 0.5) is 13.2 Å². The van der Waals surface area contributed by atoms with Crippen molar-refractivity contribution in [2.45, 2.75) is 50.9 Å². The molecule has 0 bridgehead atoms. The molecule has 1 aliphatic carbocycles. The summed E-state index contributed by atoms with van der Waals surface area (Å²) in [6.45, 7) is 0. The Bertz CT molecular complexity index is 887. The van der Waals surface area contributed by atoms with E-state index in [1.165, 1.54) is 42.7 Å². The third-order valence-corrected chi connectivity index (χ3v) is 6.34. The molecule has 31 heavy (non-hydrogen) atoms. The van der Waals surface area contributed by atoms with Gasteiger partial charge in [0.2, 0.25) is 0 Å². The Hall–Kier alpha value is -2.55. The third-order valence-electron chi connectivity index (χ3n) is 5.41. The van der Waals surface area contributed by atoms with E-state index in [2.05, 4.69) is 14.8 Å². The van der Waals surface area contributed by atoms with Gasteiger partial charge in [-0.15, -0.1) is 24.5 Å². The van der Waals surface area contributed by atoms with Crippen molar-refractivity contribution < 1.29 is 32.2 Å². The van der Waals surface area contributed by atoms with Gasteiger partial charge in [0.25, 0.3) is 5.91 Å². The second kappa shape index (κ2) is 10.2. The van der Waals surface area contributed by atoms with E-state index in [9.17, 15) is 22.8 Å². The number of nitrogens with one attached hydrogen (secondary N) is 1. The Morgan fingerprint density at radius 2 is 1.77 bits per heavy atom. The lowest BCUT2D eigenvalue weighted by molar-refractivity contribution is -0.274. The number of carbonyl (C=O) groups excluding carboxylic acids is 2. The van der Waals surface area contributed by atoms with Gasteiger partial charge >= 0.3 is 12.3 Å². The Morgan fingerprint density at radius 1 is 1.10 bits per heavy atom. The Labute approximate surface area is 182 Å². The van der Waals surface area contributed by atoms with Crippen LogP contribution in [-0.4, -0.2) is 31.4 Å². The molecule has 1 amide bonds. The molecule has 1 saturated carbocycles. The number of benzene rings is 1. The van der Waals surface area contributed by atoms with Crippen molar-refractivity contribution in [3.05, 3.63) is 40.6 Å². The molecule has 1 fully saturated rings. The lowest BCUT2D eigenvalue weighted by Gasteiger charge is -2.28. The summed E-state index contributed by atoms with van der Waals surface area (Å²) >= 11 is 1.29. The fraction of sp³-hybridized carbons (Fsp3) is 0.455. The van der Waals surface area contributed by atoms with Crippen molar-refractivity contribution in [1.29, 1.82) is 0 Å². The maximum atomic E-state index is 12.6. The number of thiophene rings is 1. The molecule has 0 spiro atoms. The van der Waals surface area contributed by atoms with E-state index in [0.717, 1.165) is 37.7 Å². The molecule has 168 valence electrons. The normalized spacial score (nSPS) is 19.0. The minimum atomic E-state index is -4.73. The summed E-state index contributed by atoms with van der Waals surface area (Å²) in [5.41, 5.74) is 1.47. The van der Waals surface area contributed by atoms with Crippen molar-refractivity contribution in [2.75, 3.05) is 7.11 Å². The number of esters is 1. The van der Waals surface area contributed by atoms with E-state index in [1.807, 2.05) is 0 Å². The Morgan fingerprint density at radius 3 is 2.39 bits per heavy atom. The third kappa shape index (κ3) is 6.99. The number of amides is 1. The summed E-state index contributed by atoms with van der Waals surface area (Å²) in [6.07, 6.45) is 0.185. The first-order valence-corrected chi connectivity index (χ1v) is 10.9. The fourth-order valence-corrected chi connectivity index (χ4v) is 4.55. The molecule has 0 radical (unpaired) electrons. The predicted octanol–water partition coefficient (Wildman–Crippen LogP) is 5.56. The summed E-state index contributed by atoms with van der Waals surface area (Å²) in [6, 6.07) is 7.39. The molecule has 1 heterocycles. The van der Waals surface area contributed by atoms with Crippen LogP contribution in [0.3, 0.4) is 0 Å². The highest BCUT2D eigenvalue weighted by atomic mass is 32.1. The molecular weight excluding hydrogens is 431 g/mol. The van der Waals surface area contributed by atoms with E-state index in [1.54, 1.807) is 11.4 Å². The molecule has 0 atom stereocenters. The number of alkyl halides is 3. The molecule has 1 N–H and O–H groups in total. The molecule has 1 aromatic carbocycles. The fourth-order valence-electron chi connectivity index (χ4n) is 3.73. The zero-order valence-electron chi connectivity index (χ0n) is 17.0. The number of rotatable bonds is 7. The number of carbonyl (C=O) groups is 2. The summed E-state index contributed by atoms with van der Waals surface area (Å²) < 4.78 is 45.4. The molecule has 0 saturated heterocycles. The summed E-state index contributed by atoms with van der Waals surface area (Å²) in [5.74, 6) is -0.144. The smallest absolute Gasteiger partial charge is 0.469 e. The molecular formula is C22H24F3NO4S. The molecule has 1 aliphatic rings. The summed E-state index contributed by atoms with van der Waals surface area (Å²) in [4.78, 5) is 24.4. The Balaban J connectivity index is 1.50. The zero-order chi connectivity index (χ0) is 22.4. The molecule has 0 unspecified atom stereocenters. The highest BCUT2D eigenvalue weighted by Gasteiger charge is 2.31. The van der Waals surface area contributed by atoms with Crippen LogP contribution in [-0.2, 0) is 9.53 Å². The number of hydrogen-bond donors (Lipinski definition) is 1. The molecule has 2 aromatic rings. The van der Waals surface area contributed by atoms with E-state index in [0.29, 0.717) is 22.8 Å². The summed E-state index contributed by atoms with van der Waals surface area (Å²) in [5, 5.41) is 4.87. The molecule has 0 aliphatic heterocycles. The van der Waals surface area contributed by atoms with Crippen LogP contribution in [0.1, 0.15) is 48.2 Å². The second-order valence-corrected chi connectivity index (χ2v) is 8.49. The zero-order valence-corrected chi connectivity index (χ0v) is 17.9. The standard InChI is InChI=1S/C22H24F3NO4S/c1-29-20(27)11-4-14-2-7-17(8-3-14)26-21(28)19-12-16(13-31-19)15-5-9-18(10-6-15)30-22(23,24)25/h5-6,9-10,12-14,17H,2-4,7-8,11H2,1H3,(H,26,28). The van der Waals surface area contributed by atoms with Crippen molar-refractivity contribution >= 4 is 23.2 Å². The molecule has 1 aromatic heterocycles. The van der Waals surface area contributed by atoms with Gasteiger partial charge in [-0.1, -0.05) is 12.1 Å². The van der Waals surface area contributed by atoms with Crippen LogP contribution in [0.25, 0.3) is 11.1 Å². The highest BCUT2D eigenvalue weighted by Crippen LogP contribution is 2.31. The van der Waals surface area contributed by atoms with E-state index in [-0.39, 0.29) is 23.7 Å². The summed E-state index contributed by atoms with van der Waals surface area (Å²) in [7, 11) is 1.39. The number of methoxy groups -OCH3 is 1. The molecule has 3 rings (SSSR count). The SMILES string of the molecule is COC(=O)CCC1CCC(NC(=O)c2cc(-c3ccc(OC(F)(F)F)cc3)cs2)CC1. The highest BCUT2D eigenvalue weighted by molar-refractivity contribution is 7.12. The van der Waals surface area contributed by atoms with Gasteiger partial charge in [0.1, 0.15) is 5.75 Å². The topological polar surface area (TPSA) is 64.6 Å². The van der Waals surface area contributed by atoms with Crippen LogP contribution in [0.15, 0.2) is 35.7 Å². The first kappa shape index (κ1) is 23.1. The largest absolute Gasteiger partial charge is 0.573 e. The lowest BCUT2D eigenvalue weighted by atomic mass is 9.83. The van der Waals surface area contributed by atoms with E-state index < -0.39 is 6.36 Å². The average molecular weight is 455 g/mol. The number of hydrogen-bond acceptors (Lipinski definition) is 5. The minimum Gasteiger partial charge on any atom is -0.469 e. The Kier molecular flexibility index (Phi) is 7.59. The lowest BCUT2D eigenvalue weighted by Crippen LogP contribution is -2.37. The number of halogens is 3. The van der Waals surface area contributed by atoms with Crippen LogP contribution < -0.4 is 10.1 Å². The van der Waals surface area contributed by atoms with Gasteiger partial charge in [0, 0.05) is 12.5 Å². The van der Waals surface area contributed by atoms with Crippen LogP contribution in [0, 0.1) is 5.92 Å². The second-order valence-electron chi connectivity index (χ2n) is 7.58. The van der Waals surface area contributed by atoms with Crippen LogP contribution in [0.5, 0.6) is 5.75 Å². The minimum absolute atomic E-state index is 0.103. The van der Waals surface area contributed by atoms with Crippen LogP contribution >= 0.6 is 11.3 Å². The van der Waals surface area contributed by atoms with Crippen LogP contribution in [0.2, 0.25) is 0 Å². The van der Waals surface area contributed by atoms with Gasteiger partial charge in [0.05, 0.1) is 12.0 Å². The van der Waals surface area contributed by atoms with E-state index >= 15 is 0 Å². The maximum absolute atomic E-state index is 12.6. The average Bonchev–Trinajstić information content (AvgIpc) is 3.23. The maximum Gasteiger partial charge on any atom is 0.573 e. The van der Waals surface area contributed by atoms with Gasteiger partial charge in [-0.3, -0.25) is 9.59 Å². The van der Waals surface area contributed by atoms with E-state index in [4.69, 9.17) is 0 Å². The van der Waals surface area contributed by atoms with Crippen molar-refractivity contribution in [3.8, 4) is 16.9 Å². The molecule has 9 heteroatoms. The predicted molar refractivity (Wildman–Crippen MR) is 111 cm³/mol. The van der Waals surface area contributed by atoms with Crippen molar-refractivity contribution in [3.63, 3.8) is 0 Å². The quantitative estimate of drug-likeness (QED) is 0.556. The van der Waals surface area contributed by atoms with Gasteiger partial charge in [-0.25, -0.2) is 0 Å².